The van der Waals surface area contributed by atoms with Gasteiger partial charge >= 0.3 is 0 Å². The molecule has 0 aromatic rings. The van der Waals surface area contributed by atoms with E-state index in [0.29, 0.717) is 11.8 Å². The van der Waals surface area contributed by atoms with Crippen LogP contribution in [0.4, 0.5) is 0 Å². The summed E-state index contributed by atoms with van der Waals surface area (Å²) in [7, 11) is 0. The highest BCUT2D eigenvalue weighted by Gasteiger charge is 2.24. The number of carbonyl (C=O) groups excluding carboxylic acids is 1. The maximum absolute atomic E-state index is 11.8. The normalized spacial score (nSPS) is 21.9. The number of amides is 1. The summed E-state index contributed by atoms with van der Waals surface area (Å²) < 4.78 is 0. The molecule has 94 valence electrons. The molecular formula is C13H26N2O. The van der Waals surface area contributed by atoms with Crippen molar-refractivity contribution >= 4 is 5.91 Å². The molecule has 1 unspecified atom stereocenters. The molecule has 0 bridgehead atoms. The fraction of sp³-hybridized carbons (Fsp3) is 0.923. The van der Waals surface area contributed by atoms with Gasteiger partial charge in [-0.05, 0) is 38.3 Å². The Bertz CT molecular complexity index is 216. The predicted octanol–water partition coefficient (Wildman–Crippen LogP) is 1.88. The van der Waals surface area contributed by atoms with E-state index in [4.69, 9.17) is 0 Å². The van der Waals surface area contributed by atoms with Crippen molar-refractivity contribution in [3.8, 4) is 0 Å². The molecule has 1 fully saturated rings. The third kappa shape index (κ3) is 4.52. The molecule has 0 aromatic carbocycles. The highest BCUT2D eigenvalue weighted by molar-refractivity contribution is 5.79. The lowest BCUT2D eigenvalue weighted by molar-refractivity contribution is -0.137. The Labute approximate surface area is 99.6 Å². The van der Waals surface area contributed by atoms with Crippen molar-refractivity contribution in [1.29, 1.82) is 0 Å². The maximum Gasteiger partial charge on any atom is 0.225 e. The molecule has 0 spiro atoms. The zero-order chi connectivity index (χ0) is 12.0. The van der Waals surface area contributed by atoms with Crippen LogP contribution in [0, 0.1) is 11.8 Å². The minimum Gasteiger partial charge on any atom is -0.342 e. The highest BCUT2D eigenvalue weighted by Crippen LogP contribution is 2.16. The summed E-state index contributed by atoms with van der Waals surface area (Å²) in [6.07, 6.45) is 3.32. The van der Waals surface area contributed by atoms with Gasteiger partial charge in [-0.1, -0.05) is 20.8 Å². The molecule has 1 saturated heterocycles. The number of nitrogens with one attached hydrogen (secondary N) is 1. The predicted molar refractivity (Wildman–Crippen MR) is 67.3 cm³/mol. The van der Waals surface area contributed by atoms with Crippen LogP contribution >= 0.6 is 0 Å². The van der Waals surface area contributed by atoms with Crippen molar-refractivity contribution in [1.82, 2.24) is 10.2 Å². The van der Waals surface area contributed by atoms with E-state index in [-0.39, 0.29) is 5.92 Å². The van der Waals surface area contributed by atoms with Crippen molar-refractivity contribution in [3.63, 3.8) is 0 Å². The van der Waals surface area contributed by atoms with Crippen LogP contribution in [0.3, 0.4) is 0 Å². The summed E-state index contributed by atoms with van der Waals surface area (Å²) in [6, 6.07) is 0. The first-order valence-corrected chi connectivity index (χ1v) is 6.60. The number of likely N-dealkylation sites (tertiary alicyclic amines) is 1. The molecule has 0 aliphatic carbocycles. The molecule has 1 atom stereocenters. The molecule has 0 aromatic heterocycles. The van der Waals surface area contributed by atoms with Crippen molar-refractivity contribution in [2.75, 3.05) is 26.2 Å². The minimum atomic E-state index is 0.248. The minimum absolute atomic E-state index is 0.248. The summed E-state index contributed by atoms with van der Waals surface area (Å²) in [4.78, 5) is 13.8. The topological polar surface area (TPSA) is 32.3 Å². The molecule has 1 amide bonds. The van der Waals surface area contributed by atoms with Gasteiger partial charge in [0.1, 0.15) is 0 Å². The van der Waals surface area contributed by atoms with Crippen molar-refractivity contribution < 1.29 is 4.79 Å². The van der Waals surface area contributed by atoms with E-state index < -0.39 is 0 Å². The highest BCUT2D eigenvalue weighted by atomic mass is 16.2. The molecule has 16 heavy (non-hydrogen) atoms. The summed E-state index contributed by atoms with van der Waals surface area (Å²) in [6.45, 7) is 10.5. The second-order valence-electron chi connectivity index (χ2n) is 5.32. The van der Waals surface area contributed by atoms with Gasteiger partial charge in [-0.2, -0.15) is 0 Å². The third-order valence-electron chi connectivity index (χ3n) is 3.13. The Morgan fingerprint density at radius 3 is 2.94 bits per heavy atom. The van der Waals surface area contributed by atoms with Crippen LogP contribution in [0.25, 0.3) is 0 Å². The Kier molecular flexibility index (Phi) is 5.81. The van der Waals surface area contributed by atoms with Crippen molar-refractivity contribution in [2.24, 2.45) is 11.8 Å². The number of rotatable bonds is 6. The zero-order valence-electron chi connectivity index (χ0n) is 11.0. The number of nitrogens with zero attached hydrogens (tertiary/aromatic N) is 1. The molecule has 1 N–H and O–H groups in total. The average molecular weight is 226 g/mol. The van der Waals surface area contributed by atoms with Crippen LogP contribution < -0.4 is 5.32 Å². The smallest absolute Gasteiger partial charge is 0.225 e. The van der Waals surface area contributed by atoms with Gasteiger partial charge in [0, 0.05) is 19.0 Å². The fourth-order valence-electron chi connectivity index (χ4n) is 2.14. The lowest BCUT2D eigenvalue weighted by Crippen LogP contribution is -2.41. The van der Waals surface area contributed by atoms with Gasteiger partial charge in [0.15, 0.2) is 0 Å². The van der Waals surface area contributed by atoms with Gasteiger partial charge in [0.2, 0.25) is 5.91 Å². The molecular weight excluding hydrogens is 200 g/mol. The van der Waals surface area contributed by atoms with Crippen LogP contribution in [0.5, 0.6) is 0 Å². The molecule has 1 aliphatic rings. The molecule has 3 heteroatoms. The number of hydrogen-bond acceptors (Lipinski definition) is 2. The number of hydrogen-bond donors (Lipinski definition) is 1. The van der Waals surface area contributed by atoms with Crippen LogP contribution in [-0.4, -0.2) is 37.0 Å². The monoisotopic (exact) mass is 226 g/mol. The fourth-order valence-corrected chi connectivity index (χ4v) is 2.14. The van der Waals surface area contributed by atoms with Gasteiger partial charge in [0.05, 0.1) is 0 Å². The second-order valence-corrected chi connectivity index (χ2v) is 5.32. The Morgan fingerprint density at radius 1 is 1.50 bits per heavy atom. The van der Waals surface area contributed by atoms with E-state index in [0.717, 1.165) is 39.0 Å². The van der Waals surface area contributed by atoms with Crippen LogP contribution in [0.1, 0.15) is 40.0 Å². The maximum atomic E-state index is 11.8. The van der Waals surface area contributed by atoms with Gasteiger partial charge in [-0.15, -0.1) is 0 Å². The summed E-state index contributed by atoms with van der Waals surface area (Å²) >= 11 is 0. The molecule has 0 saturated carbocycles. The average Bonchev–Trinajstić information content (AvgIpc) is 2.23. The van der Waals surface area contributed by atoms with E-state index in [1.165, 1.54) is 6.42 Å². The van der Waals surface area contributed by atoms with Crippen LogP contribution in [0.15, 0.2) is 0 Å². The van der Waals surface area contributed by atoms with Crippen molar-refractivity contribution in [3.05, 3.63) is 0 Å². The molecule has 3 nitrogen and oxygen atoms in total. The van der Waals surface area contributed by atoms with Gasteiger partial charge in [0.25, 0.3) is 0 Å². The zero-order valence-corrected chi connectivity index (χ0v) is 11.0. The molecule has 1 aliphatic heterocycles. The molecule has 0 radical (unpaired) electrons. The van der Waals surface area contributed by atoms with Crippen LogP contribution in [0.2, 0.25) is 0 Å². The lowest BCUT2D eigenvalue weighted by atomic mass is 9.99. The quantitative estimate of drug-likeness (QED) is 0.701. The first-order valence-electron chi connectivity index (χ1n) is 6.60. The van der Waals surface area contributed by atoms with E-state index in [9.17, 15) is 4.79 Å². The third-order valence-corrected chi connectivity index (χ3v) is 3.13. The first kappa shape index (κ1) is 13.5. The summed E-state index contributed by atoms with van der Waals surface area (Å²) in [5.74, 6) is 1.31. The first-order chi connectivity index (χ1) is 7.61. The van der Waals surface area contributed by atoms with E-state index in [1.54, 1.807) is 0 Å². The Morgan fingerprint density at radius 2 is 2.25 bits per heavy atom. The largest absolute Gasteiger partial charge is 0.342 e. The number of piperidine rings is 1. The van der Waals surface area contributed by atoms with Gasteiger partial charge in [-0.3, -0.25) is 4.79 Å². The van der Waals surface area contributed by atoms with Gasteiger partial charge in [-0.25, -0.2) is 0 Å². The Balaban J connectivity index is 2.10. The van der Waals surface area contributed by atoms with Gasteiger partial charge < -0.3 is 10.2 Å². The van der Waals surface area contributed by atoms with Crippen LogP contribution in [-0.2, 0) is 4.79 Å². The van der Waals surface area contributed by atoms with E-state index >= 15 is 0 Å². The van der Waals surface area contributed by atoms with E-state index in [2.05, 4.69) is 19.2 Å². The Hall–Kier alpha value is -0.570. The standard InChI is InChI=1S/C13H26N2O/c1-11(2)10-14-7-5-9-15-8-4-6-12(3)13(15)16/h11-12,14H,4-10H2,1-3H3. The van der Waals surface area contributed by atoms with E-state index in [1.807, 2.05) is 11.8 Å². The molecule has 1 rings (SSSR count). The lowest BCUT2D eigenvalue weighted by Gasteiger charge is -2.30. The van der Waals surface area contributed by atoms with Crippen molar-refractivity contribution in [2.45, 2.75) is 40.0 Å². The second kappa shape index (κ2) is 6.89. The number of carbonyl (C=O) groups is 1. The summed E-state index contributed by atoms with van der Waals surface area (Å²) in [5, 5.41) is 3.41. The summed E-state index contributed by atoms with van der Waals surface area (Å²) in [5.41, 5.74) is 0. The molecule has 1 heterocycles. The SMILES string of the molecule is CC(C)CNCCCN1CCCC(C)C1=O.